The van der Waals surface area contributed by atoms with E-state index in [0.717, 1.165) is 12.3 Å². The van der Waals surface area contributed by atoms with Crippen molar-refractivity contribution >= 4 is 10.8 Å². The van der Waals surface area contributed by atoms with E-state index in [1.165, 1.54) is 48.4 Å². The molecular formula is C18H23N. The van der Waals surface area contributed by atoms with Gasteiger partial charge in [-0.3, -0.25) is 0 Å². The lowest BCUT2D eigenvalue weighted by molar-refractivity contribution is 0.441. The molecule has 0 aromatic heterocycles. The zero-order chi connectivity index (χ0) is 13.1. The first kappa shape index (κ1) is 12.7. The van der Waals surface area contributed by atoms with Crippen molar-refractivity contribution in [1.82, 2.24) is 0 Å². The van der Waals surface area contributed by atoms with E-state index in [2.05, 4.69) is 42.5 Å². The van der Waals surface area contributed by atoms with E-state index >= 15 is 0 Å². The van der Waals surface area contributed by atoms with Crippen LogP contribution in [0.3, 0.4) is 0 Å². The van der Waals surface area contributed by atoms with Crippen LogP contribution in [0.15, 0.2) is 42.5 Å². The van der Waals surface area contributed by atoms with E-state index in [-0.39, 0.29) is 0 Å². The molecule has 0 heterocycles. The number of hydrogen-bond donors (Lipinski definition) is 1. The fourth-order valence-corrected chi connectivity index (χ4v) is 3.51. The van der Waals surface area contributed by atoms with Crippen LogP contribution in [-0.4, -0.2) is 6.04 Å². The molecule has 1 aliphatic carbocycles. The molecule has 1 nitrogen and oxygen atoms in total. The van der Waals surface area contributed by atoms with Gasteiger partial charge in [0.1, 0.15) is 0 Å². The van der Waals surface area contributed by atoms with Crippen LogP contribution < -0.4 is 5.73 Å². The Labute approximate surface area is 115 Å². The minimum Gasteiger partial charge on any atom is -0.327 e. The van der Waals surface area contributed by atoms with E-state index in [9.17, 15) is 0 Å². The summed E-state index contributed by atoms with van der Waals surface area (Å²) in [5.41, 5.74) is 7.78. The molecule has 0 amide bonds. The van der Waals surface area contributed by atoms with Crippen LogP contribution in [-0.2, 0) is 6.42 Å². The molecule has 1 aliphatic rings. The molecular weight excluding hydrogens is 230 g/mol. The number of rotatable bonds is 4. The molecule has 3 rings (SSSR count). The maximum absolute atomic E-state index is 6.38. The van der Waals surface area contributed by atoms with Crippen molar-refractivity contribution in [3.8, 4) is 0 Å². The Bertz CT molecular complexity index is 535. The summed E-state index contributed by atoms with van der Waals surface area (Å²) in [6.07, 6.45) is 7.81. The molecule has 1 saturated carbocycles. The lowest BCUT2D eigenvalue weighted by Gasteiger charge is -2.17. The van der Waals surface area contributed by atoms with Crippen LogP contribution in [0.25, 0.3) is 10.8 Å². The molecule has 19 heavy (non-hydrogen) atoms. The number of hydrogen-bond acceptors (Lipinski definition) is 1. The Kier molecular flexibility index (Phi) is 3.84. The van der Waals surface area contributed by atoms with Crippen LogP contribution in [0.5, 0.6) is 0 Å². The Balaban J connectivity index is 1.73. The summed E-state index contributed by atoms with van der Waals surface area (Å²) in [5.74, 6) is 0.880. The monoisotopic (exact) mass is 253 g/mol. The molecule has 2 N–H and O–H groups in total. The van der Waals surface area contributed by atoms with Crippen LogP contribution in [0.2, 0.25) is 0 Å². The van der Waals surface area contributed by atoms with Crippen molar-refractivity contribution in [3.05, 3.63) is 48.0 Å². The molecule has 1 heteroatoms. The topological polar surface area (TPSA) is 26.0 Å². The van der Waals surface area contributed by atoms with Gasteiger partial charge < -0.3 is 5.73 Å². The second-order valence-corrected chi connectivity index (χ2v) is 5.99. The van der Waals surface area contributed by atoms with Gasteiger partial charge in [0, 0.05) is 6.04 Å². The quantitative estimate of drug-likeness (QED) is 0.864. The predicted molar refractivity (Wildman–Crippen MR) is 82.2 cm³/mol. The van der Waals surface area contributed by atoms with Gasteiger partial charge in [-0.15, -0.1) is 0 Å². The highest BCUT2D eigenvalue weighted by Gasteiger charge is 2.18. The molecule has 2 aromatic carbocycles. The van der Waals surface area contributed by atoms with Crippen LogP contribution in [0.1, 0.15) is 37.7 Å². The summed E-state index contributed by atoms with van der Waals surface area (Å²) < 4.78 is 0. The largest absolute Gasteiger partial charge is 0.327 e. The third kappa shape index (κ3) is 2.98. The summed E-state index contributed by atoms with van der Waals surface area (Å²) in [6, 6.07) is 15.5. The maximum Gasteiger partial charge on any atom is 0.00821 e. The zero-order valence-electron chi connectivity index (χ0n) is 11.5. The average Bonchev–Trinajstić information content (AvgIpc) is 2.92. The van der Waals surface area contributed by atoms with Gasteiger partial charge in [0.2, 0.25) is 0 Å². The van der Waals surface area contributed by atoms with Gasteiger partial charge >= 0.3 is 0 Å². The molecule has 0 saturated heterocycles. The van der Waals surface area contributed by atoms with E-state index in [1.54, 1.807) is 0 Å². The Morgan fingerprint density at radius 2 is 1.74 bits per heavy atom. The van der Waals surface area contributed by atoms with Crippen LogP contribution in [0.4, 0.5) is 0 Å². The molecule has 0 aliphatic heterocycles. The lowest BCUT2D eigenvalue weighted by atomic mass is 9.92. The fraction of sp³-hybridized carbons (Fsp3) is 0.444. The molecule has 0 radical (unpaired) electrons. The second-order valence-electron chi connectivity index (χ2n) is 5.99. The lowest BCUT2D eigenvalue weighted by Crippen LogP contribution is -2.25. The van der Waals surface area contributed by atoms with Gasteiger partial charge in [-0.25, -0.2) is 0 Å². The standard InChI is InChI=1S/C18H23N/c19-17(12-14-6-1-2-7-14)13-16-10-5-9-15-8-3-4-11-18(15)16/h3-5,8-11,14,17H,1-2,6-7,12-13,19H2. The van der Waals surface area contributed by atoms with Crippen molar-refractivity contribution < 1.29 is 0 Å². The fourth-order valence-electron chi connectivity index (χ4n) is 3.51. The molecule has 2 aromatic rings. The van der Waals surface area contributed by atoms with Gasteiger partial charge in [0.15, 0.2) is 0 Å². The summed E-state index contributed by atoms with van der Waals surface area (Å²) in [4.78, 5) is 0. The third-order valence-corrected chi connectivity index (χ3v) is 4.47. The number of nitrogens with two attached hydrogens (primary N) is 1. The van der Waals surface area contributed by atoms with Gasteiger partial charge in [0.25, 0.3) is 0 Å². The first-order valence-electron chi connectivity index (χ1n) is 7.55. The number of fused-ring (bicyclic) bond motifs is 1. The Morgan fingerprint density at radius 3 is 2.58 bits per heavy atom. The Morgan fingerprint density at radius 1 is 1.00 bits per heavy atom. The summed E-state index contributed by atoms with van der Waals surface area (Å²) in [7, 11) is 0. The normalized spacial score (nSPS) is 17.9. The highest BCUT2D eigenvalue weighted by Crippen LogP contribution is 2.29. The Hall–Kier alpha value is -1.34. The molecule has 1 unspecified atom stereocenters. The predicted octanol–water partition coefficient (Wildman–Crippen LogP) is 4.29. The van der Waals surface area contributed by atoms with E-state index in [0.29, 0.717) is 6.04 Å². The molecule has 1 fully saturated rings. The van der Waals surface area contributed by atoms with E-state index in [1.807, 2.05) is 0 Å². The third-order valence-electron chi connectivity index (χ3n) is 4.47. The molecule has 1 atom stereocenters. The van der Waals surface area contributed by atoms with Gasteiger partial charge in [-0.05, 0) is 35.1 Å². The van der Waals surface area contributed by atoms with Gasteiger partial charge in [-0.1, -0.05) is 68.1 Å². The maximum atomic E-state index is 6.38. The van der Waals surface area contributed by atoms with Crippen molar-refractivity contribution in [3.63, 3.8) is 0 Å². The van der Waals surface area contributed by atoms with Crippen molar-refractivity contribution in [2.75, 3.05) is 0 Å². The van der Waals surface area contributed by atoms with E-state index < -0.39 is 0 Å². The minimum absolute atomic E-state index is 0.314. The summed E-state index contributed by atoms with van der Waals surface area (Å²) in [5, 5.41) is 2.69. The average molecular weight is 253 g/mol. The highest BCUT2D eigenvalue weighted by molar-refractivity contribution is 5.85. The SMILES string of the molecule is NC(Cc1cccc2ccccc12)CC1CCCC1. The summed E-state index contributed by atoms with van der Waals surface area (Å²) in [6.45, 7) is 0. The van der Waals surface area contributed by atoms with Crippen molar-refractivity contribution in [2.45, 2.75) is 44.6 Å². The van der Waals surface area contributed by atoms with Crippen molar-refractivity contribution in [1.29, 1.82) is 0 Å². The molecule has 0 spiro atoms. The molecule has 0 bridgehead atoms. The molecule has 100 valence electrons. The van der Waals surface area contributed by atoms with E-state index in [4.69, 9.17) is 5.73 Å². The minimum atomic E-state index is 0.314. The number of benzene rings is 2. The van der Waals surface area contributed by atoms with Crippen LogP contribution >= 0.6 is 0 Å². The zero-order valence-corrected chi connectivity index (χ0v) is 11.5. The van der Waals surface area contributed by atoms with Crippen molar-refractivity contribution in [2.24, 2.45) is 11.7 Å². The van der Waals surface area contributed by atoms with Gasteiger partial charge in [0.05, 0.1) is 0 Å². The second kappa shape index (κ2) is 5.75. The summed E-state index contributed by atoms with van der Waals surface area (Å²) >= 11 is 0. The smallest absolute Gasteiger partial charge is 0.00821 e. The van der Waals surface area contributed by atoms with Crippen LogP contribution in [0, 0.1) is 5.92 Å². The van der Waals surface area contributed by atoms with Gasteiger partial charge in [-0.2, -0.15) is 0 Å². The first-order valence-corrected chi connectivity index (χ1v) is 7.55. The highest BCUT2D eigenvalue weighted by atomic mass is 14.6. The first-order chi connectivity index (χ1) is 9.33.